The van der Waals surface area contributed by atoms with Crippen LogP contribution in [0.5, 0.6) is 0 Å². The molecule has 2 heterocycles. The normalized spacial score (nSPS) is 22.1. The number of aryl methyl sites for hydroxylation is 1. The molecular weight excluding hydrogens is 268 g/mol. The lowest BCUT2D eigenvalue weighted by molar-refractivity contribution is 0.0995. The van der Waals surface area contributed by atoms with E-state index in [1.807, 2.05) is 19.1 Å². The van der Waals surface area contributed by atoms with Crippen LogP contribution in [0.4, 0.5) is 5.82 Å². The van der Waals surface area contributed by atoms with Crippen molar-refractivity contribution in [2.45, 2.75) is 38.8 Å². The Balaban J connectivity index is 1.99. The lowest BCUT2D eigenvalue weighted by Gasteiger charge is -2.20. The number of pyridine rings is 1. The van der Waals surface area contributed by atoms with Crippen LogP contribution in [0.25, 0.3) is 0 Å². The predicted octanol–water partition coefficient (Wildman–Crippen LogP) is 3.13. The molecule has 88 valence electrons. The Kier molecular flexibility index (Phi) is 3.82. The van der Waals surface area contributed by atoms with Gasteiger partial charge in [-0.25, -0.2) is 4.98 Å². The maximum absolute atomic E-state index is 5.64. The zero-order chi connectivity index (χ0) is 11.5. The second kappa shape index (κ2) is 5.15. The molecule has 1 N–H and O–H groups in total. The smallest absolute Gasteiger partial charge is 0.126 e. The number of nitrogens with zero attached hydrogens (tertiary/aromatic N) is 1. The molecule has 0 aromatic carbocycles. The fourth-order valence-electron chi connectivity index (χ4n) is 1.95. The highest BCUT2D eigenvalue weighted by molar-refractivity contribution is 9.10. The van der Waals surface area contributed by atoms with Crippen molar-refractivity contribution < 1.29 is 4.74 Å². The first-order chi connectivity index (χ1) is 7.66. The summed E-state index contributed by atoms with van der Waals surface area (Å²) in [7, 11) is 0. The quantitative estimate of drug-likeness (QED) is 0.926. The molecule has 2 unspecified atom stereocenters. The van der Waals surface area contributed by atoms with Crippen LogP contribution in [0.2, 0.25) is 0 Å². The largest absolute Gasteiger partial charge is 0.376 e. The number of nitrogens with one attached hydrogen (secondary N) is 1. The van der Waals surface area contributed by atoms with Crippen molar-refractivity contribution >= 4 is 21.7 Å². The van der Waals surface area contributed by atoms with Crippen LogP contribution in [-0.2, 0) is 4.74 Å². The van der Waals surface area contributed by atoms with E-state index < -0.39 is 0 Å². The third kappa shape index (κ3) is 2.74. The molecule has 2 rings (SSSR count). The molecule has 3 nitrogen and oxygen atoms in total. The van der Waals surface area contributed by atoms with Gasteiger partial charge in [0.1, 0.15) is 5.82 Å². The Morgan fingerprint density at radius 3 is 3.00 bits per heavy atom. The van der Waals surface area contributed by atoms with Gasteiger partial charge < -0.3 is 10.1 Å². The lowest BCUT2D eigenvalue weighted by Crippen LogP contribution is -2.30. The van der Waals surface area contributed by atoms with E-state index in [2.05, 4.69) is 33.2 Å². The van der Waals surface area contributed by atoms with Crippen LogP contribution in [0.15, 0.2) is 16.6 Å². The summed E-state index contributed by atoms with van der Waals surface area (Å²) in [5, 5.41) is 3.39. The molecule has 0 radical (unpaired) electrons. The van der Waals surface area contributed by atoms with E-state index in [-0.39, 0.29) is 0 Å². The molecule has 1 saturated heterocycles. The number of aromatic nitrogens is 1. The molecule has 1 aliphatic rings. The van der Waals surface area contributed by atoms with Gasteiger partial charge in [-0.05, 0) is 54.8 Å². The van der Waals surface area contributed by atoms with Gasteiger partial charge in [-0.3, -0.25) is 0 Å². The third-order valence-corrected chi connectivity index (χ3v) is 3.76. The first kappa shape index (κ1) is 11.9. The summed E-state index contributed by atoms with van der Waals surface area (Å²) in [6.07, 6.45) is 2.64. The molecule has 0 bridgehead atoms. The molecule has 1 aromatic rings. The fraction of sp³-hybridized carbons (Fsp3) is 0.583. The van der Waals surface area contributed by atoms with Crippen LogP contribution in [0.1, 0.15) is 25.5 Å². The number of ether oxygens (including phenoxy) is 1. The first-order valence-corrected chi connectivity index (χ1v) is 6.47. The summed E-state index contributed by atoms with van der Waals surface area (Å²) in [5.74, 6) is 0.920. The Morgan fingerprint density at radius 1 is 1.56 bits per heavy atom. The fourth-order valence-corrected chi connectivity index (χ4v) is 2.17. The van der Waals surface area contributed by atoms with Crippen LogP contribution < -0.4 is 5.32 Å². The lowest BCUT2D eigenvalue weighted by atomic mass is 10.1. The Hall–Kier alpha value is -0.610. The van der Waals surface area contributed by atoms with Gasteiger partial charge >= 0.3 is 0 Å². The van der Waals surface area contributed by atoms with E-state index in [0.717, 1.165) is 29.0 Å². The van der Waals surface area contributed by atoms with Crippen molar-refractivity contribution in [3.8, 4) is 0 Å². The molecule has 4 heteroatoms. The minimum absolute atomic E-state index is 0.315. The highest BCUT2D eigenvalue weighted by atomic mass is 79.9. The van der Waals surface area contributed by atoms with Crippen molar-refractivity contribution in [1.29, 1.82) is 0 Å². The molecule has 16 heavy (non-hydrogen) atoms. The van der Waals surface area contributed by atoms with Crippen LogP contribution in [0.3, 0.4) is 0 Å². The second-order valence-electron chi connectivity index (χ2n) is 4.25. The molecule has 2 atom stereocenters. The standard InChI is InChI=1S/C12H17BrN2O/c1-8-10(13)5-6-12(14-8)15-9(2)11-4-3-7-16-11/h5-6,9,11H,3-4,7H2,1-2H3,(H,14,15). The third-order valence-electron chi connectivity index (χ3n) is 2.92. The highest BCUT2D eigenvalue weighted by Crippen LogP contribution is 2.20. The van der Waals surface area contributed by atoms with E-state index >= 15 is 0 Å². The molecule has 0 amide bonds. The zero-order valence-electron chi connectivity index (χ0n) is 9.66. The van der Waals surface area contributed by atoms with Crippen molar-refractivity contribution in [3.63, 3.8) is 0 Å². The maximum atomic E-state index is 5.64. The number of anilines is 1. The molecule has 0 saturated carbocycles. The van der Waals surface area contributed by atoms with Crippen molar-refractivity contribution in [2.75, 3.05) is 11.9 Å². The Bertz CT molecular complexity index is 364. The van der Waals surface area contributed by atoms with Gasteiger partial charge in [0.05, 0.1) is 17.8 Å². The van der Waals surface area contributed by atoms with Gasteiger partial charge in [0, 0.05) is 11.1 Å². The van der Waals surface area contributed by atoms with Gasteiger partial charge in [0.25, 0.3) is 0 Å². The first-order valence-electron chi connectivity index (χ1n) is 5.68. The maximum Gasteiger partial charge on any atom is 0.126 e. The number of rotatable bonds is 3. The second-order valence-corrected chi connectivity index (χ2v) is 5.10. The van der Waals surface area contributed by atoms with Gasteiger partial charge in [-0.2, -0.15) is 0 Å². The Morgan fingerprint density at radius 2 is 2.38 bits per heavy atom. The minimum atomic E-state index is 0.315. The van der Waals surface area contributed by atoms with Crippen LogP contribution >= 0.6 is 15.9 Å². The summed E-state index contributed by atoms with van der Waals surface area (Å²) in [5.41, 5.74) is 1.00. The van der Waals surface area contributed by atoms with E-state index in [1.165, 1.54) is 6.42 Å². The molecule has 0 aliphatic carbocycles. The van der Waals surface area contributed by atoms with Gasteiger partial charge in [0.15, 0.2) is 0 Å². The molecule has 1 aromatic heterocycles. The minimum Gasteiger partial charge on any atom is -0.376 e. The summed E-state index contributed by atoms with van der Waals surface area (Å²) in [6, 6.07) is 4.32. The zero-order valence-corrected chi connectivity index (χ0v) is 11.3. The van der Waals surface area contributed by atoms with Crippen molar-refractivity contribution in [1.82, 2.24) is 4.98 Å². The molecule has 1 fully saturated rings. The highest BCUT2D eigenvalue weighted by Gasteiger charge is 2.22. The summed E-state index contributed by atoms with van der Waals surface area (Å²) < 4.78 is 6.69. The number of hydrogen-bond donors (Lipinski definition) is 1. The van der Waals surface area contributed by atoms with E-state index in [4.69, 9.17) is 4.74 Å². The van der Waals surface area contributed by atoms with E-state index in [1.54, 1.807) is 0 Å². The summed E-state index contributed by atoms with van der Waals surface area (Å²) in [4.78, 5) is 4.47. The SMILES string of the molecule is Cc1nc(NC(C)C2CCCO2)ccc1Br. The Labute approximate surface area is 105 Å². The molecule has 0 spiro atoms. The summed E-state index contributed by atoms with van der Waals surface area (Å²) in [6.45, 7) is 5.03. The average Bonchev–Trinajstić information content (AvgIpc) is 2.77. The summed E-state index contributed by atoms with van der Waals surface area (Å²) >= 11 is 3.45. The van der Waals surface area contributed by atoms with Crippen molar-refractivity contribution in [2.24, 2.45) is 0 Å². The van der Waals surface area contributed by atoms with Gasteiger partial charge in [0.2, 0.25) is 0 Å². The predicted molar refractivity (Wildman–Crippen MR) is 68.7 cm³/mol. The number of halogens is 1. The van der Waals surface area contributed by atoms with E-state index in [0.29, 0.717) is 12.1 Å². The van der Waals surface area contributed by atoms with E-state index in [9.17, 15) is 0 Å². The van der Waals surface area contributed by atoms with Crippen LogP contribution in [0, 0.1) is 6.92 Å². The van der Waals surface area contributed by atoms with Crippen molar-refractivity contribution in [3.05, 3.63) is 22.3 Å². The molecule has 1 aliphatic heterocycles. The van der Waals surface area contributed by atoms with Crippen LogP contribution in [-0.4, -0.2) is 23.7 Å². The van der Waals surface area contributed by atoms with Gasteiger partial charge in [-0.15, -0.1) is 0 Å². The topological polar surface area (TPSA) is 34.2 Å². The monoisotopic (exact) mass is 284 g/mol. The average molecular weight is 285 g/mol. The number of hydrogen-bond acceptors (Lipinski definition) is 3. The molecular formula is C12H17BrN2O. The van der Waals surface area contributed by atoms with Gasteiger partial charge in [-0.1, -0.05) is 0 Å².